The molecule has 0 unspecified atom stereocenters. The molecule has 0 heterocycles. The summed E-state index contributed by atoms with van der Waals surface area (Å²) in [5.41, 5.74) is 0. The Hall–Kier alpha value is 0. The molecule has 0 aromatic rings. The van der Waals surface area contributed by atoms with E-state index in [9.17, 15) is 0 Å². The summed E-state index contributed by atoms with van der Waals surface area (Å²) in [6.45, 7) is 7.14. The first-order chi connectivity index (χ1) is 4.75. The normalized spacial score (nSPS) is 36.3. The lowest BCUT2D eigenvalue weighted by molar-refractivity contribution is 0.287. The summed E-state index contributed by atoms with van der Waals surface area (Å²) in [4.78, 5) is 0. The Morgan fingerprint density at radius 3 is 2.50 bits per heavy atom. The maximum absolute atomic E-state index is 2.42. The minimum absolute atomic E-state index is 0.970. The second-order valence-electron chi connectivity index (χ2n) is 3.96. The molecule has 0 aromatic heterocycles. The maximum atomic E-state index is 2.42. The minimum atomic E-state index is 0.970. The Kier molecular flexibility index (Phi) is 2.76. The zero-order valence-corrected chi connectivity index (χ0v) is 7.56. The van der Waals surface area contributed by atoms with Gasteiger partial charge in [-0.2, -0.15) is 0 Å². The number of hydrogen-bond donors (Lipinski definition) is 0. The van der Waals surface area contributed by atoms with Crippen LogP contribution >= 0.6 is 0 Å². The van der Waals surface area contributed by atoms with Crippen molar-refractivity contribution >= 4 is 0 Å². The lowest BCUT2D eigenvalue weighted by Gasteiger charge is -2.21. The third-order valence-corrected chi connectivity index (χ3v) is 3.30. The van der Waals surface area contributed by atoms with E-state index in [0.717, 1.165) is 17.8 Å². The van der Waals surface area contributed by atoms with Crippen LogP contribution in [0.2, 0.25) is 0 Å². The van der Waals surface area contributed by atoms with E-state index < -0.39 is 0 Å². The second-order valence-corrected chi connectivity index (χ2v) is 3.96. The molecule has 1 aliphatic carbocycles. The minimum Gasteiger partial charge on any atom is -0.0651 e. The molecule has 0 N–H and O–H groups in total. The van der Waals surface area contributed by atoms with E-state index >= 15 is 0 Å². The Bertz CT molecular complexity index is 96.2. The molecular formula is C10H20. The lowest BCUT2D eigenvalue weighted by atomic mass is 9.85. The van der Waals surface area contributed by atoms with Gasteiger partial charge in [0.1, 0.15) is 0 Å². The van der Waals surface area contributed by atoms with Crippen molar-refractivity contribution in [2.75, 3.05) is 0 Å². The van der Waals surface area contributed by atoms with Crippen molar-refractivity contribution in [3.8, 4) is 0 Å². The maximum Gasteiger partial charge on any atom is -0.0363 e. The van der Waals surface area contributed by atoms with Crippen molar-refractivity contribution in [3.63, 3.8) is 0 Å². The van der Waals surface area contributed by atoms with E-state index in [2.05, 4.69) is 20.8 Å². The average Bonchev–Trinajstić information content (AvgIpc) is 2.34. The molecule has 0 saturated heterocycles. The van der Waals surface area contributed by atoms with Gasteiger partial charge in [-0.1, -0.05) is 40.0 Å². The van der Waals surface area contributed by atoms with Crippen molar-refractivity contribution in [3.05, 3.63) is 0 Å². The van der Waals surface area contributed by atoms with E-state index in [0.29, 0.717) is 0 Å². The monoisotopic (exact) mass is 140 g/mol. The standard InChI is InChI=1S/C10H20/c1-4-8(2)10-7-5-6-9(10)3/h8-10H,4-7H2,1-3H3/t8-,9+,10+/m1/s1. The quantitative estimate of drug-likeness (QED) is 0.551. The molecule has 1 rings (SSSR count). The molecule has 3 atom stereocenters. The first-order valence-electron chi connectivity index (χ1n) is 4.75. The summed E-state index contributed by atoms with van der Waals surface area (Å²) in [5, 5.41) is 0. The summed E-state index contributed by atoms with van der Waals surface area (Å²) < 4.78 is 0. The van der Waals surface area contributed by atoms with E-state index in [1.54, 1.807) is 0 Å². The fourth-order valence-electron chi connectivity index (χ4n) is 2.32. The largest absolute Gasteiger partial charge is 0.0651 e. The highest BCUT2D eigenvalue weighted by Gasteiger charge is 2.26. The van der Waals surface area contributed by atoms with Crippen molar-refractivity contribution in [1.82, 2.24) is 0 Å². The molecule has 1 fully saturated rings. The van der Waals surface area contributed by atoms with Crippen molar-refractivity contribution < 1.29 is 0 Å². The highest BCUT2D eigenvalue weighted by atomic mass is 14.3. The molecule has 0 heteroatoms. The highest BCUT2D eigenvalue weighted by Crippen LogP contribution is 2.37. The van der Waals surface area contributed by atoms with Crippen LogP contribution in [0.5, 0.6) is 0 Å². The SMILES string of the molecule is CC[C@@H](C)[C@@H]1CCC[C@@H]1C. The van der Waals surface area contributed by atoms with Crippen molar-refractivity contribution in [2.24, 2.45) is 17.8 Å². The lowest BCUT2D eigenvalue weighted by Crippen LogP contribution is -2.13. The van der Waals surface area contributed by atoms with Crippen LogP contribution < -0.4 is 0 Å². The first-order valence-corrected chi connectivity index (χ1v) is 4.75. The fourth-order valence-corrected chi connectivity index (χ4v) is 2.32. The van der Waals surface area contributed by atoms with E-state index in [-0.39, 0.29) is 0 Å². The smallest absolute Gasteiger partial charge is 0.0363 e. The molecule has 0 spiro atoms. The van der Waals surface area contributed by atoms with E-state index in [1.165, 1.54) is 25.7 Å². The first kappa shape index (κ1) is 8.10. The van der Waals surface area contributed by atoms with Gasteiger partial charge in [0.2, 0.25) is 0 Å². The van der Waals surface area contributed by atoms with Gasteiger partial charge in [0.15, 0.2) is 0 Å². The molecule has 0 amide bonds. The van der Waals surface area contributed by atoms with Gasteiger partial charge in [0.25, 0.3) is 0 Å². The van der Waals surface area contributed by atoms with E-state index in [4.69, 9.17) is 0 Å². The second kappa shape index (κ2) is 3.41. The third kappa shape index (κ3) is 1.53. The molecule has 0 radical (unpaired) electrons. The average molecular weight is 140 g/mol. The summed E-state index contributed by atoms with van der Waals surface area (Å²) in [7, 11) is 0. The zero-order chi connectivity index (χ0) is 7.56. The van der Waals surface area contributed by atoms with Gasteiger partial charge >= 0.3 is 0 Å². The Labute approximate surface area is 65.0 Å². The molecule has 0 nitrogen and oxygen atoms in total. The van der Waals surface area contributed by atoms with Crippen LogP contribution in [0.25, 0.3) is 0 Å². The predicted molar refractivity (Wildman–Crippen MR) is 46.0 cm³/mol. The highest BCUT2D eigenvalue weighted by molar-refractivity contribution is 4.77. The summed E-state index contributed by atoms with van der Waals surface area (Å²) >= 11 is 0. The van der Waals surface area contributed by atoms with Crippen LogP contribution in [0.4, 0.5) is 0 Å². The van der Waals surface area contributed by atoms with Gasteiger partial charge in [0, 0.05) is 0 Å². The van der Waals surface area contributed by atoms with E-state index in [1.807, 2.05) is 0 Å². The molecule has 0 aliphatic heterocycles. The molecule has 0 aromatic carbocycles. The predicted octanol–water partition coefficient (Wildman–Crippen LogP) is 3.47. The third-order valence-electron chi connectivity index (χ3n) is 3.30. The van der Waals surface area contributed by atoms with Crippen molar-refractivity contribution in [1.29, 1.82) is 0 Å². The van der Waals surface area contributed by atoms with Crippen LogP contribution in [0, 0.1) is 17.8 Å². The molecular weight excluding hydrogens is 120 g/mol. The van der Waals surface area contributed by atoms with Crippen LogP contribution in [0.3, 0.4) is 0 Å². The molecule has 0 bridgehead atoms. The van der Waals surface area contributed by atoms with Gasteiger partial charge in [-0.3, -0.25) is 0 Å². The summed E-state index contributed by atoms with van der Waals surface area (Å²) in [6, 6.07) is 0. The van der Waals surface area contributed by atoms with Crippen LogP contribution in [-0.4, -0.2) is 0 Å². The number of hydrogen-bond acceptors (Lipinski definition) is 0. The van der Waals surface area contributed by atoms with Crippen LogP contribution in [0.1, 0.15) is 46.5 Å². The van der Waals surface area contributed by atoms with Gasteiger partial charge in [-0.05, 0) is 24.2 Å². The number of rotatable bonds is 2. The molecule has 1 saturated carbocycles. The Balaban J connectivity index is 2.38. The van der Waals surface area contributed by atoms with Gasteiger partial charge < -0.3 is 0 Å². The van der Waals surface area contributed by atoms with Crippen LogP contribution in [0.15, 0.2) is 0 Å². The van der Waals surface area contributed by atoms with Crippen LogP contribution in [-0.2, 0) is 0 Å². The van der Waals surface area contributed by atoms with Gasteiger partial charge in [-0.15, -0.1) is 0 Å². The van der Waals surface area contributed by atoms with Crippen molar-refractivity contribution in [2.45, 2.75) is 46.5 Å². The van der Waals surface area contributed by atoms with Gasteiger partial charge in [-0.25, -0.2) is 0 Å². The fraction of sp³-hybridized carbons (Fsp3) is 1.00. The molecule has 10 heavy (non-hydrogen) atoms. The summed E-state index contributed by atoms with van der Waals surface area (Å²) in [5.74, 6) is 3.03. The molecule has 60 valence electrons. The Morgan fingerprint density at radius 2 is 2.10 bits per heavy atom. The zero-order valence-electron chi connectivity index (χ0n) is 7.56. The summed E-state index contributed by atoms with van der Waals surface area (Å²) in [6.07, 6.45) is 5.83. The Morgan fingerprint density at radius 1 is 1.40 bits per heavy atom. The van der Waals surface area contributed by atoms with Gasteiger partial charge in [0.05, 0.1) is 0 Å². The molecule has 1 aliphatic rings. The topological polar surface area (TPSA) is 0 Å².